The molecule has 0 aliphatic heterocycles. The van der Waals surface area contributed by atoms with Gasteiger partial charge < -0.3 is 20.1 Å². The molecular formula is C15H21N3O2. The van der Waals surface area contributed by atoms with E-state index in [9.17, 15) is 5.11 Å². The molecule has 1 fully saturated rings. The van der Waals surface area contributed by atoms with Crippen molar-refractivity contribution in [2.45, 2.75) is 44.2 Å². The van der Waals surface area contributed by atoms with E-state index in [1.807, 2.05) is 22.8 Å². The van der Waals surface area contributed by atoms with Gasteiger partial charge >= 0.3 is 0 Å². The van der Waals surface area contributed by atoms with Crippen LogP contribution in [0.2, 0.25) is 0 Å². The molecule has 3 rings (SSSR count). The Hall–Kier alpha value is -1.75. The normalized spacial score (nSPS) is 23.7. The van der Waals surface area contributed by atoms with Crippen molar-refractivity contribution in [2.75, 3.05) is 12.8 Å². The molecule has 1 heterocycles. The predicted molar refractivity (Wildman–Crippen MR) is 78.8 cm³/mol. The maximum Gasteiger partial charge on any atom is 0.201 e. The van der Waals surface area contributed by atoms with E-state index in [1.165, 1.54) is 6.42 Å². The molecule has 2 aromatic rings. The Morgan fingerprint density at radius 2 is 2.10 bits per heavy atom. The van der Waals surface area contributed by atoms with Crippen LogP contribution in [0.4, 0.5) is 5.95 Å². The minimum atomic E-state index is -0.358. The Labute approximate surface area is 118 Å². The zero-order valence-electron chi connectivity index (χ0n) is 11.7. The number of nitrogens with two attached hydrogens (primary N) is 1. The van der Waals surface area contributed by atoms with Crippen molar-refractivity contribution in [2.24, 2.45) is 0 Å². The van der Waals surface area contributed by atoms with E-state index in [0.717, 1.165) is 42.5 Å². The summed E-state index contributed by atoms with van der Waals surface area (Å²) in [6.07, 6.45) is 4.77. The van der Waals surface area contributed by atoms with E-state index in [1.54, 1.807) is 7.11 Å². The average Bonchev–Trinajstić information content (AvgIpc) is 2.63. The van der Waals surface area contributed by atoms with Crippen LogP contribution in [0.1, 0.15) is 38.1 Å². The highest BCUT2D eigenvalue weighted by atomic mass is 16.5. The van der Waals surface area contributed by atoms with E-state index in [2.05, 4.69) is 4.98 Å². The van der Waals surface area contributed by atoms with Gasteiger partial charge in [-0.2, -0.15) is 0 Å². The number of rotatable bonds is 2. The second-order valence-electron chi connectivity index (χ2n) is 5.44. The third-order valence-corrected chi connectivity index (χ3v) is 4.21. The van der Waals surface area contributed by atoms with Gasteiger partial charge in [0.05, 0.1) is 24.8 Å². The number of imidazole rings is 1. The highest BCUT2D eigenvalue weighted by molar-refractivity contribution is 5.84. The molecule has 1 aliphatic rings. The maximum atomic E-state index is 10.4. The van der Waals surface area contributed by atoms with Crippen molar-refractivity contribution < 1.29 is 9.84 Å². The molecule has 3 N–H and O–H groups in total. The number of aliphatic hydroxyl groups is 1. The van der Waals surface area contributed by atoms with E-state index < -0.39 is 0 Å². The Morgan fingerprint density at radius 1 is 1.30 bits per heavy atom. The molecule has 108 valence electrons. The van der Waals surface area contributed by atoms with Crippen LogP contribution in [0.3, 0.4) is 0 Å². The number of aromatic nitrogens is 2. The van der Waals surface area contributed by atoms with Gasteiger partial charge in [0.15, 0.2) is 0 Å². The van der Waals surface area contributed by atoms with Crippen molar-refractivity contribution in [3.8, 4) is 5.75 Å². The first-order chi connectivity index (χ1) is 9.72. The molecule has 0 spiro atoms. The van der Waals surface area contributed by atoms with E-state index in [4.69, 9.17) is 10.5 Å². The van der Waals surface area contributed by atoms with Gasteiger partial charge in [-0.1, -0.05) is 25.3 Å². The lowest BCUT2D eigenvalue weighted by Crippen LogP contribution is -2.24. The van der Waals surface area contributed by atoms with E-state index >= 15 is 0 Å². The Kier molecular flexibility index (Phi) is 3.53. The summed E-state index contributed by atoms with van der Waals surface area (Å²) in [7, 11) is 1.63. The number of hydrogen-bond acceptors (Lipinski definition) is 4. The molecule has 0 bridgehead atoms. The van der Waals surface area contributed by atoms with E-state index in [-0.39, 0.29) is 12.1 Å². The highest BCUT2D eigenvalue weighted by Crippen LogP contribution is 2.35. The third-order valence-electron chi connectivity index (χ3n) is 4.21. The molecule has 5 heteroatoms. The fourth-order valence-corrected chi connectivity index (χ4v) is 3.19. The van der Waals surface area contributed by atoms with Crippen molar-refractivity contribution >= 4 is 17.0 Å². The van der Waals surface area contributed by atoms with Gasteiger partial charge in [0.25, 0.3) is 0 Å². The van der Waals surface area contributed by atoms with Crippen LogP contribution >= 0.6 is 0 Å². The summed E-state index contributed by atoms with van der Waals surface area (Å²) in [5.41, 5.74) is 7.81. The molecular weight excluding hydrogens is 254 g/mol. The highest BCUT2D eigenvalue weighted by Gasteiger charge is 2.27. The minimum Gasteiger partial charge on any atom is -0.494 e. The summed E-state index contributed by atoms with van der Waals surface area (Å²) in [6.45, 7) is 0. The van der Waals surface area contributed by atoms with Gasteiger partial charge in [0.1, 0.15) is 11.3 Å². The standard InChI is InChI=1S/C15H21N3O2/c1-20-13-9-5-7-11-14(13)17-15(16)18(11)10-6-3-2-4-8-12(10)19/h5,7,9-10,12,19H,2-4,6,8H2,1H3,(H2,16,17). The molecule has 20 heavy (non-hydrogen) atoms. The number of fused-ring (bicyclic) bond motifs is 1. The number of methoxy groups -OCH3 is 1. The number of nitrogens with zero attached hydrogens (tertiary/aromatic N) is 2. The van der Waals surface area contributed by atoms with Crippen LogP contribution in [0.15, 0.2) is 18.2 Å². The summed E-state index contributed by atoms with van der Waals surface area (Å²) in [6, 6.07) is 5.80. The van der Waals surface area contributed by atoms with Crippen molar-refractivity contribution in [3.63, 3.8) is 0 Å². The number of ether oxygens (including phenoxy) is 1. The molecule has 0 radical (unpaired) electrons. The van der Waals surface area contributed by atoms with Crippen LogP contribution in [0, 0.1) is 0 Å². The lowest BCUT2D eigenvalue weighted by atomic mass is 10.1. The van der Waals surface area contributed by atoms with Gasteiger partial charge in [0.2, 0.25) is 5.95 Å². The second-order valence-corrected chi connectivity index (χ2v) is 5.44. The molecule has 1 saturated carbocycles. The molecule has 2 atom stereocenters. The van der Waals surface area contributed by atoms with Crippen LogP contribution in [-0.2, 0) is 0 Å². The van der Waals surface area contributed by atoms with Crippen LogP contribution in [0.5, 0.6) is 5.75 Å². The number of hydrogen-bond donors (Lipinski definition) is 2. The number of nitrogen functional groups attached to an aromatic ring is 1. The zero-order valence-corrected chi connectivity index (χ0v) is 11.7. The molecule has 0 amide bonds. The van der Waals surface area contributed by atoms with Crippen molar-refractivity contribution in [3.05, 3.63) is 18.2 Å². The molecule has 5 nitrogen and oxygen atoms in total. The van der Waals surface area contributed by atoms with Crippen molar-refractivity contribution in [1.82, 2.24) is 9.55 Å². The maximum absolute atomic E-state index is 10.4. The first-order valence-electron chi connectivity index (χ1n) is 7.21. The smallest absolute Gasteiger partial charge is 0.201 e. The second kappa shape index (κ2) is 5.32. The summed E-state index contributed by atoms with van der Waals surface area (Å²) in [5.74, 6) is 1.17. The molecule has 1 aliphatic carbocycles. The van der Waals surface area contributed by atoms with Gasteiger partial charge in [-0.05, 0) is 25.0 Å². The average molecular weight is 275 g/mol. The van der Waals surface area contributed by atoms with E-state index in [0.29, 0.717) is 5.95 Å². The third kappa shape index (κ3) is 2.12. The molecule has 2 unspecified atom stereocenters. The van der Waals surface area contributed by atoms with Gasteiger partial charge in [-0.3, -0.25) is 0 Å². The Balaban J connectivity index is 2.12. The van der Waals surface area contributed by atoms with Crippen LogP contribution in [0.25, 0.3) is 11.0 Å². The van der Waals surface area contributed by atoms with Crippen LogP contribution in [-0.4, -0.2) is 27.9 Å². The Morgan fingerprint density at radius 3 is 2.90 bits per heavy atom. The summed E-state index contributed by atoms with van der Waals surface area (Å²) < 4.78 is 7.32. The predicted octanol–water partition coefficient (Wildman–Crippen LogP) is 2.49. The first kappa shape index (κ1) is 13.2. The molecule has 1 aromatic carbocycles. The number of anilines is 1. The number of benzene rings is 1. The largest absolute Gasteiger partial charge is 0.494 e. The molecule has 1 aromatic heterocycles. The monoisotopic (exact) mass is 275 g/mol. The van der Waals surface area contributed by atoms with Gasteiger partial charge in [-0.15, -0.1) is 0 Å². The fourth-order valence-electron chi connectivity index (χ4n) is 3.19. The minimum absolute atomic E-state index is 0.00889. The molecule has 0 saturated heterocycles. The Bertz CT molecular complexity index is 608. The van der Waals surface area contributed by atoms with Gasteiger partial charge in [-0.25, -0.2) is 4.98 Å². The van der Waals surface area contributed by atoms with Crippen molar-refractivity contribution in [1.29, 1.82) is 0 Å². The quantitative estimate of drug-likeness (QED) is 0.826. The van der Waals surface area contributed by atoms with Gasteiger partial charge in [0, 0.05) is 0 Å². The zero-order chi connectivity index (χ0) is 14.1. The number of para-hydroxylation sites is 1. The first-order valence-corrected chi connectivity index (χ1v) is 7.21. The van der Waals surface area contributed by atoms with Crippen LogP contribution < -0.4 is 10.5 Å². The summed E-state index contributed by atoms with van der Waals surface area (Å²) in [4.78, 5) is 4.43. The SMILES string of the molecule is COc1cccc2c1nc(N)n2C1CCCCCC1O. The topological polar surface area (TPSA) is 73.3 Å². The number of aliphatic hydroxyl groups excluding tert-OH is 1. The lowest BCUT2D eigenvalue weighted by molar-refractivity contribution is 0.108. The summed E-state index contributed by atoms with van der Waals surface area (Å²) >= 11 is 0. The lowest BCUT2D eigenvalue weighted by Gasteiger charge is -2.23. The fraction of sp³-hybridized carbons (Fsp3) is 0.533. The summed E-state index contributed by atoms with van der Waals surface area (Å²) in [5, 5.41) is 10.4.